The molecule has 3 aliphatic rings. The number of fused-ring (bicyclic) bond motifs is 1. The molecule has 1 aliphatic carbocycles. The summed E-state index contributed by atoms with van der Waals surface area (Å²) in [4.78, 5) is 4.94. The number of halogens is 2. The Bertz CT molecular complexity index is 763. The molecule has 5 rings (SSSR count). The van der Waals surface area contributed by atoms with Crippen LogP contribution in [0.5, 0.6) is 11.5 Å². The van der Waals surface area contributed by atoms with Gasteiger partial charge >= 0.3 is 0 Å². The Morgan fingerprint density at radius 3 is 2.22 bits per heavy atom. The Morgan fingerprint density at radius 2 is 1.56 bits per heavy atom. The van der Waals surface area contributed by atoms with Crippen LogP contribution in [0.3, 0.4) is 0 Å². The summed E-state index contributed by atoms with van der Waals surface area (Å²) in [6.45, 7) is 5.54. The molecule has 27 heavy (non-hydrogen) atoms. The number of nitrogens with zero attached hydrogens (tertiary/aromatic N) is 4. The van der Waals surface area contributed by atoms with E-state index in [-0.39, 0.29) is 24.8 Å². The molecule has 0 bridgehead atoms. The van der Waals surface area contributed by atoms with Crippen molar-refractivity contribution in [2.24, 2.45) is 0 Å². The molecule has 1 aromatic carbocycles. The lowest BCUT2D eigenvalue weighted by atomic mass is 10.1. The van der Waals surface area contributed by atoms with Crippen LogP contribution in [-0.4, -0.2) is 60.5 Å². The van der Waals surface area contributed by atoms with Gasteiger partial charge in [-0.2, -0.15) is 0 Å². The van der Waals surface area contributed by atoms with Crippen molar-refractivity contribution < 1.29 is 9.47 Å². The van der Waals surface area contributed by atoms with Gasteiger partial charge in [-0.15, -0.1) is 35.0 Å². The lowest BCUT2D eigenvalue weighted by Gasteiger charge is -2.35. The van der Waals surface area contributed by atoms with Crippen LogP contribution in [0.1, 0.15) is 12.8 Å². The van der Waals surface area contributed by atoms with E-state index in [1.807, 2.05) is 24.3 Å². The highest BCUT2D eigenvalue weighted by Crippen LogP contribution is 2.34. The number of ether oxygens (including phenoxy) is 2. The lowest BCUT2D eigenvalue weighted by Crippen LogP contribution is -2.47. The summed E-state index contributed by atoms with van der Waals surface area (Å²) in [7, 11) is 0. The molecule has 1 saturated carbocycles. The van der Waals surface area contributed by atoms with Gasteiger partial charge in [0.05, 0.1) is 5.69 Å². The van der Waals surface area contributed by atoms with E-state index in [9.17, 15) is 0 Å². The van der Waals surface area contributed by atoms with Gasteiger partial charge in [-0.05, 0) is 43.2 Å². The van der Waals surface area contributed by atoms with Crippen LogP contribution < -0.4 is 14.4 Å². The first kappa shape index (κ1) is 20.0. The number of piperazine rings is 1. The van der Waals surface area contributed by atoms with Crippen molar-refractivity contribution in [2.45, 2.75) is 18.9 Å². The smallest absolute Gasteiger partial charge is 0.162 e. The molecule has 146 valence electrons. The molecule has 2 aromatic rings. The van der Waals surface area contributed by atoms with E-state index in [4.69, 9.17) is 9.47 Å². The van der Waals surface area contributed by atoms with E-state index in [0.29, 0.717) is 13.2 Å². The van der Waals surface area contributed by atoms with Crippen LogP contribution >= 0.6 is 24.8 Å². The molecule has 1 aromatic heterocycles. The number of benzene rings is 1. The van der Waals surface area contributed by atoms with Crippen LogP contribution in [0.25, 0.3) is 11.3 Å². The molecule has 2 fully saturated rings. The molecule has 0 atom stereocenters. The number of aromatic nitrogens is 2. The first-order valence-electron chi connectivity index (χ1n) is 9.09. The van der Waals surface area contributed by atoms with Gasteiger partial charge in [0.25, 0.3) is 0 Å². The van der Waals surface area contributed by atoms with E-state index in [1.54, 1.807) is 0 Å². The highest BCUT2D eigenvalue weighted by Gasteiger charge is 2.31. The highest BCUT2D eigenvalue weighted by molar-refractivity contribution is 5.85. The number of hydrogen-bond donors (Lipinski definition) is 0. The van der Waals surface area contributed by atoms with Crippen LogP contribution in [0, 0.1) is 0 Å². The molecule has 0 radical (unpaired) electrons. The first-order valence-corrected chi connectivity index (χ1v) is 9.09. The quantitative estimate of drug-likeness (QED) is 0.774. The van der Waals surface area contributed by atoms with Crippen molar-refractivity contribution in [3.63, 3.8) is 0 Å². The standard InChI is InChI=1S/C19H22N4O2.2ClH/c1-5-17-18(25-12-11-24-17)13-14(1)16-4-6-19(21-20-16)23-9-7-22(8-10-23)15-2-3-15;;/h1,4-6,13,15H,2-3,7-12H2;2*1H. The van der Waals surface area contributed by atoms with Crippen LogP contribution in [0.15, 0.2) is 30.3 Å². The first-order chi connectivity index (χ1) is 12.4. The third-order valence-corrected chi connectivity index (χ3v) is 5.19. The fraction of sp³-hybridized carbons (Fsp3) is 0.474. The summed E-state index contributed by atoms with van der Waals surface area (Å²) in [6, 6.07) is 10.9. The summed E-state index contributed by atoms with van der Waals surface area (Å²) >= 11 is 0. The monoisotopic (exact) mass is 410 g/mol. The van der Waals surface area contributed by atoms with Crippen LogP contribution in [-0.2, 0) is 0 Å². The Morgan fingerprint density at radius 1 is 0.815 bits per heavy atom. The normalized spacial score (nSPS) is 19.0. The third-order valence-electron chi connectivity index (χ3n) is 5.19. The predicted molar refractivity (Wildman–Crippen MR) is 110 cm³/mol. The molecule has 2 aliphatic heterocycles. The molecule has 1 saturated heterocycles. The Labute approximate surface area is 171 Å². The molecule has 3 heterocycles. The second-order valence-corrected chi connectivity index (χ2v) is 6.89. The topological polar surface area (TPSA) is 50.7 Å². The molecule has 0 unspecified atom stereocenters. The second kappa shape index (κ2) is 8.50. The van der Waals surface area contributed by atoms with E-state index in [0.717, 1.165) is 60.8 Å². The SMILES string of the molecule is Cl.Cl.c1cc2c(cc1-c1ccc(N3CCN(C4CC4)CC3)nn1)OCCO2. The van der Waals surface area contributed by atoms with Gasteiger partial charge in [0.15, 0.2) is 17.3 Å². The number of hydrogen-bond acceptors (Lipinski definition) is 6. The molecule has 0 spiro atoms. The van der Waals surface area contributed by atoms with Gasteiger partial charge in [-0.25, -0.2) is 0 Å². The van der Waals surface area contributed by atoms with Crippen molar-refractivity contribution in [1.82, 2.24) is 15.1 Å². The Balaban J connectivity index is 0.00000105. The minimum atomic E-state index is 0. The van der Waals surface area contributed by atoms with Crippen molar-refractivity contribution in [3.05, 3.63) is 30.3 Å². The average Bonchev–Trinajstić information content (AvgIpc) is 3.53. The zero-order valence-corrected chi connectivity index (χ0v) is 16.7. The summed E-state index contributed by atoms with van der Waals surface area (Å²) in [5.41, 5.74) is 1.86. The summed E-state index contributed by atoms with van der Waals surface area (Å²) in [6.07, 6.45) is 2.76. The van der Waals surface area contributed by atoms with Crippen molar-refractivity contribution in [3.8, 4) is 22.8 Å². The average molecular weight is 411 g/mol. The Hall–Kier alpha value is -1.76. The zero-order chi connectivity index (χ0) is 16.6. The molecule has 0 N–H and O–H groups in total. The predicted octanol–water partition coefficient (Wildman–Crippen LogP) is 3.04. The minimum absolute atomic E-state index is 0. The molecular weight excluding hydrogens is 387 g/mol. The van der Waals surface area contributed by atoms with E-state index in [2.05, 4.69) is 26.1 Å². The van der Waals surface area contributed by atoms with E-state index in [1.165, 1.54) is 12.8 Å². The van der Waals surface area contributed by atoms with Gasteiger partial charge in [-0.1, -0.05) is 0 Å². The largest absolute Gasteiger partial charge is 0.486 e. The fourth-order valence-electron chi connectivity index (χ4n) is 3.61. The van der Waals surface area contributed by atoms with E-state index >= 15 is 0 Å². The van der Waals surface area contributed by atoms with Crippen molar-refractivity contribution in [1.29, 1.82) is 0 Å². The maximum absolute atomic E-state index is 5.65. The van der Waals surface area contributed by atoms with Gasteiger partial charge < -0.3 is 14.4 Å². The fourth-order valence-corrected chi connectivity index (χ4v) is 3.61. The van der Waals surface area contributed by atoms with Crippen LogP contribution in [0.2, 0.25) is 0 Å². The second-order valence-electron chi connectivity index (χ2n) is 6.89. The third kappa shape index (κ3) is 4.23. The number of rotatable bonds is 3. The summed E-state index contributed by atoms with van der Waals surface area (Å²) in [5, 5.41) is 8.90. The van der Waals surface area contributed by atoms with Gasteiger partial charge in [0.1, 0.15) is 13.2 Å². The summed E-state index contributed by atoms with van der Waals surface area (Å²) in [5.74, 6) is 2.55. The minimum Gasteiger partial charge on any atom is -0.486 e. The highest BCUT2D eigenvalue weighted by atomic mass is 35.5. The molecule has 6 nitrogen and oxygen atoms in total. The molecule has 8 heteroatoms. The lowest BCUT2D eigenvalue weighted by molar-refractivity contribution is 0.171. The maximum atomic E-state index is 5.65. The van der Waals surface area contributed by atoms with Crippen LogP contribution in [0.4, 0.5) is 5.82 Å². The number of anilines is 1. The van der Waals surface area contributed by atoms with Crippen molar-refractivity contribution in [2.75, 3.05) is 44.3 Å². The summed E-state index contributed by atoms with van der Waals surface area (Å²) < 4.78 is 11.2. The zero-order valence-electron chi connectivity index (χ0n) is 15.0. The van der Waals surface area contributed by atoms with Gasteiger partial charge in [-0.3, -0.25) is 4.90 Å². The van der Waals surface area contributed by atoms with Crippen molar-refractivity contribution >= 4 is 30.6 Å². The maximum Gasteiger partial charge on any atom is 0.162 e. The van der Waals surface area contributed by atoms with Gasteiger partial charge in [0, 0.05) is 37.8 Å². The van der Waals surface area contributed by atoms with Gasteiger partial charge in [0.2, 0.25) is 0 Å². The molecule has 0 amide bonds. The molecular formula is C19H24Cl2N4O2. The Kier molecular flexibility index (Phi) is 6.29. The van der Waals surface area contributed by atoms with E-state index < -0.39 is 0 Å².